The summed E-state index contributed by atoms with van der Waals surface area (Å²) in [6.45, 7) is 0. The van der Waals surface area contributed by atoms with Crippen molar-refractivity contribution in [2.24, 2.45) is 5.84 Å². The average molecular weight is 315 g/mol. The Hall–Kier alpha value is -1.56. The number of rotatable bonds is 5. The molecule has 2 aromatic carbocycles. The molecule has 112 valence electrons. The third-order valence-electron chi connectivity index (χ3n) is 3.21. The van der Waals surface area contributed by atoms with Crippen molar-refractivity contribution in [1.29, 1.82) is 0 Å². The number of nitrogens with one attached hydrogen (secondary N) is 1. The summed E-state index contributed by atoms with van der Waals surface area (Å²) in [5.41, 5.74) is 3.44. The smallest absolute Gasteiger partial charge is 0.159 e. The maximum Gasteiger partial charge on any atom is 0.159 e. The molecule has 0 bridgehead atoms. The minimum Gasteiger partial charge on any atom is -0.271 e. The molecule has 2 aromatic rings. The number of hydrazine groups is 1. The molecular weight excluding hydrogens is 301 g/mol. The van der Waals surface area contributed by atoms with Crippen molar-refractivity contribution in [3.8, 4) is 0 Å². The maximum absolute atomic E-state index is 13.7. The number of benzene rings is 2. The van der Waals surface area contributed by atoms with Gasteiger partial charge < -0.3 is 0 Å². The second kappa shape index (κ2) is 6.93. The molecule has 2 rings (SSSR count). The lowest BCUT2D eigenvalue weighted by molar-refractivity contribution is 0.493. The van der Waals surface area contributed by atoms with Crippen molar-refractivity contribution in [1.82, 2.24) is 5.43 Å². The quantitative estimate of drug-likeness (QED) is 0.656. The molecule has 0 heterocycles. The Balaban J connectivity index is 2.15. The molecule has 2 nitrogen and oxygen atoms in total. The van der Waals surface area contributed by atoms with Crippen LogP contribution in [0.3, 0.4) is 0 Å². The number of hydrogen-bond donors (Lipinski definition) is 2. The van der Waals surface area contributed by atoms with Crippen molar-refractivity contribution in [3.05, 3.63) is 70.0 Å². The molecule has 0 aromatic heterocycles. The summed E-state index contributed by atoms with van der Waals surface area (Å²) in [6.07, 6.45) is 0.555. The highest BCUT2D eigenvalue weighted by molar-refractivity contribution is 6.31. The van der Waals surface area contributed by atoms with Crippen molar-refractivity contribution in [2.75, 3.05) is 0 Å². The summed E-state index contributed by atoms with van der Waals surface area (Å²) < 4.78 is 39.8. The monoisotopic (exact) mass is 314 g/mol. The lowest BCUT2D eigenvalue weighted by Gasteiger charge is -2.17. The van der Waals surface area contributed by atoms with E-state index in [-0.39, 0.29) is 12.5 Å². The third kappa shape index (κ3) is 3.97. The molecule has 0 aliphatic carbocycles. The molecule has 0 aliphatic rings. The Morgan fingerprint density at radius 2 is 1.76 bits per heavy atom. The van der Waals surface area contributed by atoms with E-state index >= 15 is 0 Å². The largest absolute Gasteiger partial charge is 0.271 e. The lowest BCUT2D eigenvalue weighted by Crippen LogP contribution is -2.38. The molecular formula is C15H14ClF3N2. The molecule has 3 N–H and O–H groups in total. The highest BCUT2D eigenvalue weighted by Crippen LogP contribution is 2.21. The van der Waals surface area contributed by atoms with Crippen molar-refractivity contribution in [3.63, 3.8) is 0 Å². The SMILES string of the molecule is NNC(Cc1ccc(F)c(F)c1)Cc1c(F)cccc1Cl. The Morgan fingerprint density at radius 3 is 2.38 bits per heavy atom. The van der Waals surface area contributed by atoms with E-state index in [0.29, 0.717) is 22.6 Å². The molecule has 21 heavy (non-hydrogen) atoms. The minimum absolute atomic E-state index is 0.237. The van der Waals surface area contributed by atoms with Crippen LogP contribution in [0.2, 0.25) is 5.02 Å². The van der Waals surface area contributed by atoms with Crippen LogP contribution in [0.25, 0.3) is 0 Å². The van der Waals surface area contributed by atoms with Crippen LogP contribution in [0.5, 0.6) is 0 Å². The van der Waals surface area contributed by atoms with Gasteiger partial charge in [-0.25, -0.2) is 13.2 Å². The first kappa shape index (κ1) is 15.8. The average Bonchev–Trinajstić information content (AvgIpc) is 2.45. The van der Waals surface area contributed by atoms with Gasteiger partial charge in [0.25, 0.3) is 0 Å². The highest BCUT2D eigenvalue weighted by atomic mass is 35.5. The Morgan fingerprint density at radius 1 is 1.00 bits per heavy atom. The van der Waals surface area contributed by atoms with Gasteiger partial charge in [-0.2, -0.15) is 0 Å². The summed E-state index contributed by atoms with van der Waals surface area (Å²) in [6, 6.07) is 7.67. The van der Waals surface area contributed by atoms with Gasteiger partial charge in [0.15, 0.2) is 11.6 Å². The predicted octanol–water partition coefficient (Wildman–Crippen LogP) is 3.37. The Labute approximate surface area is 125 Å². The fourth-order valence-corrected chi connectivity index (χ4v) is 2.36. The van der Waals surface area contributed by atoms with Gasteiger partial charge in [0.2, 0.25) is 0 Å². The van der Waals surface area contributed by atoms with E-state index in [0.717, 1.165) is 12.1 Å². The fourth-order valence-electron chi connectivity index (χ4n) is 2.11. The molecule has 0 saturated carbocycles. The van der Waals surface area contributed by atoms with E-state index in [1.165, 1.54) is 18.2 Å². The van der Waals surface area contributed by atoms with Crippen LogP contribution in [-0.4, -0.2) is 6.04 Å². The van der Waals surface area contributed by atoms with Gasteiger partial charge in [0.05, 0.1) is 0 Å². The molecule has 1 atom stereocenters. The topological polar surface area (TPSA) is 38.0 Å². The first-order valence-corrected chi connectivity index (χ1v) is 6.72. The van der Waals surface area contributed by atoms with Crippen LogP contribution in [0, 0.1) is 17.5 Å². The molecule has 0 saturated heterocycles. The van der Waals surface area contributed by atoms with Crippen LogP contribution in [0.4, 0.5) is 13.2 Å². The third-order valence-corrected chi connectivity index (χ3v) is 3.57. The van der Waals surface area contributed by atoms with Gasteiger partial charge in [-0.1, -0.05) is 23.7 Å². The van der Waals surface area contributed by atoms with Crippen LogP contribution in [0.15, 0.2) is 36.4 Å². The summed E-state index contributed by atoms with van der Waals surface area (Å²) in [5.74, 6) is 3.20. The first-order chi connectivity index (χ1) is 10.0. The summed E-state index contributed by atoms with van der Waals surface area (Å²) >= 11 is 5.96. The van der Waals surface area contributed by atoms with Gasteiger partial charge in [-0.15, -0.1) is 0 Å². The summed E-state index contributed by atoms with van der Waals surface area (Å²) in [4.78, 5) is 0. The number of hydrogen-bond acceptors (Lipinski definition) is 2. The highest BCUT2D eigenvalue weighted by Gasteiger charge is 2.15. The second-order valence-electron chi connectivity index (χ2n) is 4.72. The van der Waals surface area contributed by atoms with Gasteiger partial charge >= 0.3 is 0 Å². The molecule has 1 unspecified atom stereocenters. The summed E-state index contributed by atoms with van der Waals surface area (Å²) in [7, 11) is 0. The van der Waals surface area contributed by atoms with Crippen LogP contribution >= 0.6 is 11.6 Å². The fraction of sp³-hybridized carbons (Fsp3) is 0.200. The van der Waals surface area contributed by atoms with E-state index in [2.05, 4.69) is 5.43 Å². The maximum atomic E-state index is 13.7. The van der Waals surface area contributed by atoms with Gasteiger partial charge in [0, 0.05) is 16.6 Å². The van der Waals surface area contributed by atoms with Crippen molar-refractivity contribution < 1.29 is 13.2 Å². The lowest BCUT2D eigenvalue weighted by atomic mass is 9.99. The van der Waals surface area contributed by atoms with Crippen LogP contribution in [-0.2, 0) is 12.8 Å². The van der Waals surface area contributed by atoms with Crippen LogP contribution in [0.1, 0.15) is 11.1 Å². The van der Waals surface area contributed by atoms with E-state index in [9.17, 15) is 13.2 Å². The zero-order valence-electron chi connectivity index (χ0n) is 11.0. The second-order valence-corrected chi connectivity index (χ2v) is 5.13. The van der Waals surface area contributed by atoms with Gasteiger partial charge in [-0.05, 0) is 42.7 Å². The zero-order valence-corrected chi connectivity index (χ0v) is 11.8. The molecule has 0 aliphatic heterocycles. The standard InChI is InChI=1S/C15H14ClF3N2/c16-12-2-1-3-13(17)11(12)8-10(21-20)6-9-4-5-14(18)15(19)7-9/h1-5,7,10,21H,6,8,20H2. The molecule has 6 heteroatoms. The predicted molar refractivity (Wildman–Crippen MR) is 76.3 cm³/mol. The number of halogens is 4. The van der Waals surface area contributed by atoms with Gasteiger partial charge in [0.1, 0.15) is 5.82 Å². The van der Waals surface area contributed by atoms with Crippen molar-refractivity contribution >= 4 is 11.6 Å². The summed E-state index contributed by atoms with van der Waals surface area (Å²) in [5, 5.41) is 0.306. The minimum atomic E-state index is -0.924. The number of nitrogens with two attached hydrogens (primary N) is 1. The molecule has 0 amide bonds. The van der Waals surface area contributed by atoms with E-state index in [1.807, 2.05) is 0 Å². The molecule has 0 fully saturated rings. The van der Waals surface area contributed by atoms with E-state index in [1.54, 1.807) is 6.07 Å². The molecule has 0 radical (unpaired) electrons. The van der Waals surface area contributed by atoms with Crippen LogP contribution < -0.4 is 11.3 Å². The normalized spacial score (nSPS) is 12.4. The van der Waals surface area contributed by atoms with E-state index < -0.39 is 17.5 Å². The molecule has 0 spiro atoms. The van der Waals surface area contributed by atoms with E-state index in [4.69, 9.17) is 17.4 Å². The Bertz CT molecular complexity index is 614. The van der Waals surface area contributed by atoms with Crippen molar-refractivity contribution in [2.45, 2.75) is 18.9 Å². The Kier molecular flexibility index (Phi) is 5.22. The zero-order chi connectivity index (χ0) is 15.4. The van der Waals surface area contributed by atoms with Gasteiger partial charge in [-0.3, -0.25) is 11.3 Å². The first-order valence-electron chi connectivity index (χ1n) is 6.34.